The van der Waals surface area contributed by atoms with Gasteiger partial charge in [0.1, 0.15) is 11.9 Å². The van der Waals surface area contributed by atoms with Crippen LogP contribution in [0.4, 0.5) is 4.39 Å². The van der Waals surface area contributed by atoms with Gasteiger partial charge in [-0.1, -0.05) is 22.8 Å². The van der Waals surface area contributed by atoms with Gasteiger partial charge in [-0.05, 0) is 25.1 Å². The van der Waals surface area contributed by atoms with Gasteiger partial charge in [0.05, 0.1) is 0 Å². The van der Waals surface area contributed by atoms with Gasteiger partial charge in [0.25, 0.3) is 5.89 Å². The maximum Gasteiger partial charge on any atom is 0.256 e. The van der Waals surface area contributed by atoms with E-state index >= 15 is 0 Å². The van der Waals surface area contributed by atoms with E-state index in [0.717, 1.165) is 6.42 Å². The molecule has 2 heterocycles. The maximum absolute atomic E-state index is 13.7. The molecule has 0 aliphatic carbocycles. The zero-order chi connectivity index (χ0) is 14.8. The van der Waals surface area contributed by atoms with Crippen LogP contribution in [0.5, 0.6) is 0 Å². The van der Waals surface area contributed by atoms with E-state index in [0.29, 0.717) is 35.5 Å². The molecule has 5 nitrogen and oxygen atoms in total. The summed E-state index contributed by atoms with van der Waals surface area (Å²) in [5.74, 6) is 0.565. The molecule has 7 heteroatoms. The Morgan fingerprint density at radius 1 is 1.43 bits per heavy atom. The molecule has 112 valence electrons. The van der Waals surface area contributed by atoms with Crippen molar-refractivity contribution < 1.29 is 13.7 Å². The summed E-state index contributed by atoms with van der Waals surface area (Å²) in [5.41, 5.74) is 6.05. The summed E-state index contributed by atoms with van der Waals surface area (Å²) in [6.45, 7) is 1.13. The Hall–Kier alpha value is -1.50. The summed E-state index contributed by atoms with van der Waals surface area (Å²) >= 11 is 5.99. The van der Waals surface area contributed by atoms with Crippen LogP contribution in [0.2, 0.25) is 5.02 Å². The van der Waals surface area contributed by atoms with Gasteiger partial charge in [-0.2, -0.15) is 4.98 Å². The summed E-state index contributed by atoms with van der Waals surface area (Å²) in [6, 6.07) is 4.54. The number of rotatable bonds is 4. The van der Waals surface area contributed by atoms with E-state index in [9.17, 15) is 4.39 Å². The number of nitrogens with zero attached hydrogens (tertiary/aromatic N) is 2. The van der Waals surface area contributed by atoms with Gasteiger partial charge in [-0.25, -0.2) is 4.39 Å². The van der Waals surface area contributed by atoms with Crippen molar-refractivity contribution in [1.82, 2.24) is 10.1 Å². The zero-order valence-corrected chi connectivity index (χ0v) is 12.0. The monoisotopic (exact) mass is 311 g/mol. The fourth-order valence-electron chi connectivity index (χ4n) is 2.46. The minimum absolute atomic E-state index is 0.176. The predicted octanol–water partition coefficient (Wildman–Crippen LogP) is 2.49. The van der Waals surface area contributed by atoms with E-state index in [4.69, 9.17) is 26.6 Å². The third kappa shape index (κ3) is 2.92. The Morgan fingerprint density at radius 3 is 3.05 bits per heavy atom. The van der Waals surface area contributed by atoms with Gasteiger partial charge in [0.15, 0.2) is 5.82 Å². The lowest BCUT2D eigenvalue weighted by Crippen LogP contribution is -2.18. The van der Waals surface area contributed by atoms with E-state index < -0.39 is 0 Å². The lowest BCUT2D eigenvalue weighted by atomic mass is 10.0. The fraction of sp³-hybridized carbons (Fsp3) is 0.429. The molecule has 1 aliphatic rings. The normalized spacial score (nSPS) is 21.9. The number of ether oxygens (including phenoxy) is 1. The highest BCUT2D eigenvalue weighted by molar-refractivity contribution is 6.31. The van der Waals surface area contributed by atoms with Crippen LogP contribution in [-0.4, -0.2) is 23.3 Å². The summed E-state index contributed by atoms with van der Waals surface area (Å²) in [7, 11) is 0. The third-order valence-corrected chi connectivity index (χ3v) is 3.99. The highest BCUT2D eigenvalue weighted by Gasteiger charge is 2.33. The standard InChI is InChI=1S/C14H15ClFN3O2/c15-10-2-1-3-11(16)9(10)6-12-18-14(21-19-12)13-8(7-17)4-5-20-13/h1-3,8,13H,4-7,17H2/t8-,13-/m0/s1. The van der Waals surface area contributed by atoms with Gasteiger partial charge < -0.3 is 15.0 Å². The zero-order valence-electron chi connectivity index (χ0n) is 11.3. The molecule has 0 saturated carbocycles. The van der Waals surface area contributed by atoms with Gasteiger partial charge in [0, 0.05) is 29.5 Å². The second-order valence-electron chi connectivity index (χ2n) is 5.00. The average molecular weight is 312 g/mol. The number of benzene rings is 1. The fourth-order valence-corrected chi connectivity index (χ4v) is 2.69. The molecular formula is C14H15ClFN3O2. The number of hydrogen-bond donors (Lipinski definition) is 1. The largest absolute Gasteiger partial charge is 0.368 e. The van der Waals surface area contributed by atoms with Gasteiger partial charge in [0.2, 0.25) is 0 Å². The van der Waals surface area contributed by atoms with Crippen molar-refractivity contribution in [3.05, 3.63) is 46.3 Å². The van der Waals surface area contributed by atoms with Crippen molar-refractivity contribution in [3.8, 4) is 0 Å². The Bertz CT molecular complexity index is 614. The molecule has 0 amide bonds. The van der Waals surface area contributed by atoms with Gasteiger partial charge in [-0.3, -0.25) is 0 Å². The summed E-state index contributed by atoms with van der Waals surface area (Å²) in [6.07, 6.45) is 0.778. The molecule has 21 heavy (non-hydrogen) atoms. The van der Waals surface area contributed by atoms with Crippen molar-refractivity contribution in [2.75, 3.05) is 13.2 Å². The van der Waals surface area contributed by atoms with Crippen molar-refractivity contribution in [3.63, 3.8) is 0 Å². The molecule has 0 bridgehead atoms. The maximum atomic E-state index is 13.7. The van der Waals surface area contributed by atoms with E-state index in [1.807, 2.05) is 0 Å². The lowest BCUT2D eigenvalue weighted by Gasteiger charge is -2.11. The topological polar surface area (TPSA) is 74.2 Å². The van der Waals surface area contributed by atoms with Crippen LogP contribution in [0, 0.1) is 11.7 Å². The summed E-state index contributed by atoms with van der Waals surface area (Å²) in [4.78, 5) is 4.28. The molecule has 2 aromatic rings. The molecule has 2 N–H and O–H groups in total. The van der Waals surface area contributed by atoms with Crippen molar-refractivity contribution in [2.24, 2.45) is 11.7 Å². The van der Waals surface area contributed by atoms with Crippen LogP contribution in [0.1, 0.15) is 29.8 Å². The van der Waals surface area contributed by atoms with E-state index in [1.54, 1.807) is 12.1 Å². The van der Waals surface area contributed by atoms with Crippen LogP contribution in [0.15, 0.2) is 22.7 Å². The van der Waals surface area contributed by atoms with Crippen molar-refractivity contribution in [2.45, 2.75) is 18.9 Å². The molecule has 2 atom stereocenters. The van der Waals surface area contributed by atoms with E-state index in [2.05, 4.69) is 10.1 Å². The van der Waals surface area contributed by atoms with Crippen LogP contribution < -0.4 is 5.73 Å². The highest BCUT2D eigenvalue weighted by atomic mass is 35.5. The number of aromatic nitrogens is 2. The summed E-state index contributed by atoms with van der Waals surface area (Å²) < 4.78 is 24.6. The molecular weight excluding hydrogens is 297 g/mol. The van der Waals surface area contributed by atoms with Gasteiger partial charge in [-0.15, -0.1) is 0 Å². The number of halogens is 2. The number of nitrogens with two attached hydrogens (primary N) is 1. The van der Waals surface area contributed by atoms with Crippen LogP contribution >= 0.6 is 11.6 Å². The molecule has 3 rings (SSSR count). The number of hydrogen-bond acceptors (Lipinski definition) is 5. The minimum Gasteiger partial charge on any atom is -0.368 e. The molecule has 1 aromatic carbocycles. The van der Waals surface area contributed by atoms with Crippen molar-refractivity contribution >= 4 is 11.6 Å². The van der Waals surface area contributed by atoms with Crippen LogP contribution in [0.25, 0.3) is 0 Å². The molecule has 1 aliphatic heterocycles. The molecule has 0 spiro atoms. The minimum atomic E-state index is -0.384. The Balaban J connectivity index is 1.79. The van der Waals surface area contributed by atoms with Crippen LogP contribution in [-0.2, 0) is 11.2 Å². The highest BCUT2D eigenvalue weighted by Crippen LogP contribution is 2.33. The second kappa shape index (κ2) is 6.09. The Labute approximate surface area is 126 Å². The first-order valence-corrected chi connectivity index (χ1v) is 7.14. The molecule has 0 radical (unpaired) electrons. The summed E-state index contributed by atoms with van der Waals surface area (Å²) in [5, 5.41) is 4.22. The van der Waals surface area contributed by atoms with E-state index in [1.165, 1.54) is 6.07 Å². The smallest absolute Gasteiger partial charge is 0.256 e. The van der Waals surface area contributed by atoms with Crippen molar-refractivity contribution in [1.29, 1.82) is 0 Å². The molecule has 0 unspecified atom stereocenters. The quantitative estimate of drug-likeness (QED) is 0.939. The average Bonchev–Trinajstić information content (AvgIpc) is 3.11. The Morgan fingerprint density at radius 2 is 2.29 bits per heavy atom. The van der Waals surface area contributed by atoms with E-state index in [-0.39, 0.29) is 24.3 Å². The molecule has 1 fully saturated rings. The third-order valence-electron chi connectivity index (χ3n) is 3.64. The Kier molecular flexibility index (Phi) is 4.19. The first-order valence-electron chi connectivity index (χ1n) is 6.76. The SMILES string of the molecule is NC[C@@H]1CCO[C@@H]1c1nc(Cc2c(F)cccc2Cl)no1. The lowest BCUT2D eigenvalue weighted by molar-refractivity contribution is 0.0642. The molecule has 1 aromatic heterocycles. The molecule has 1 saturated heterocycles. The first kappa shape index (κ1) is 14.4. The predicted molar refractivity (Wildman–Crippen MR) is 74.4 cm³/mol. The van der Waals surface area contributed by atoms with Crippen LogP contribution in [0.3, 0.4) is 0 Å². The van der Waals surface area contributed by atoms with Gasteiger partial charge >= 0.3 is 0 Å². The second-order valence-corrected chi connectivity index (χ2v) is 5.41. The first-order chi connectivity index (χ1) is 10.2.